The fraction of sp³-hybridized carbons (Fsp3) is 0.500. The second kappa shape index (κ2) is 7.31. The third kappa shape index (κ3) is 5.05. The topological polar surface area (TPSA) is 20.2 Å². The van der Waals surface area contributed by atoms with Crippen LogP contribution in [0.3, 0.4) is 0 Å². The largest absolute Gasteiger partial charge is 0.393 e. The predicted molar refractivity (Wildman–Crippen MR) is 71.5 cm³/mol. The lowest BCUT2D eigenvalue weighted by Gasteiger charge is -2.11. The lowest BCUT2D eigenvalue weighted by molar-refractivity contribution is 0.172. The Balaban J connectivity index is 2.37. The third-order valence-corrected chi connectivity index (χ3v) is 3.92. The summed E-state index contributed by atoms with van der Waals surface area (Å²) in [6, 6.07) is 8.07. The van der Waals surface area contributed by atoms with E-state index in [1.165, 1.54) is 5.56 Å². The van der Waals surface area contributed by atoms with E-state index in [0.717, 1.165) is 28.8 Å². The van der Waals surface area contributed by atoms with Crippen LogP contribution in [0.4, 0.5) is 0 Å². The van der Waals surface area contributed by atoms with Crippen LogP contribution in [0.15, 0.2) is 28.7 Å². The first kappa shape index (κ1) is 13.1. The Morgan fingerprint density at radius 2 is 2.13 bits per heavy atom. The molecule has 0 saturated carbocycles. The zero-order valence-corrected chi connectivity index (χ0v) is 11.4. The molecule has 0 heterocycles. The Bertz CT molecular complexity index is 291. The molecule has 0 spiro atoms. The minimum Gasteiger partial charge on any atom is -0.393 e. The highest BCUT2D eigenvalue weighted by Crippen LogP contribution is 2.18. The molecule has 1 aromatic rings. The van der Waals surface area contributed by atoms with Crippen molar-refractivity contribution in [3.63, 3.8) is 0 Å². The van der Waals surface area contributed by atoms with Crippen LogP contribution in [0.5, 0.6) is 0 Å². The van der Waals surface area contributed by atoms with Crippen molar-refractivity contribution in [2.75, 3.05) is 11.5 Å². The molecule has 0 saturated heterocycles. The third-order valence-electron chi connectivity index (χ3n) is 2.21. The van der Waals surface area contributed by atoms with Gasteiger partial charge in [-0.1, -0.05) is 41.1 Å². The van der Waals surface area contributed by atoms with Gasteiger partial charge in [-0.3, -0.25) is 0 Å². The van der Waals surface area contributed by atoms with Crippen molar-refractivity contribution in [3.05, 3.63) is 34.3 Å². The number of benzene rings is 1. The molecule has 1 aromatic carbocycles. The monoisotopic (exact) mass is 288 g/mol. The number of rotatable bonds is 6. The normalized spacial score (nSPS) is 12.7. The molecule has 1 N–H and O–H groups in total. The van der Waals surface area contributed by atoms with Gasteiger partial charge in [-0.25, -0.2) is 0 Å². The van der Waals surface area contributed by atoms with Crippen molar-refractivity contribution in [2.45, 2.75) is 25.9 Å². The second-order valence-corrected chi connectivity index (χ2v) is 5.68. The molecule has 0 aliphatic carbocycles. The van der Waals surface area contributed by atoms with E-state index in [9.17, 15) is 5.11 Å². The molecule has 0 aromatic heterocycles. The molecule has 1 atom stereocenters. The molecular formula is C12H17BrOS. The quantitative estimate of drug-likeness (QED) is 0.809. The Hall–Kier alpha value is 0.01000. The summed E-state index contributed by atoms with van der Waals surface area (Å²) in [7, 11) is 0. The standard InChI is InChI=1S/C12H17BrOS/c1-2-15-8-7-11(14)9-10-5-3-4-6-12(10)13/h3-6,11,14H,2,7-9H2,1H3. The van der Waals surface area contributed by atoms with Crippen LogP contribution in [0.25, 0.3) is 0 Å². The molecule has 1 rings (SSSR count). The van der Waals surface area contributed by atoms with Crippen molar-refractivity contribution in [1.29, 1.82) is 0 Å². The maximum atomic E-state index is 9.82. The van der Waals surface area contributed by atoms with Gasteiger partial charge in [0.15, 0.2) is 0 Å². The van der Waals surface area contributed by atoms with E-state index in [2.05, 4.69) is 28.9 Å². The lowest BCUT2D eigenvalue weighted by atomic mass is 10.1. The van der Waals surface area contributed by atoms with Crippen molar-refractivity contribution in [3.8, 4) is 0 Å². The molecule has 15 heavy (non-hydrogen) atoms. The summed E-state index contributed by atoms with van der Waals surface area (Å²) in [4.78, 5) is 0. The number of hydrogen-bond donors (Lipinski definition) is 1. The number of hydrogen-bond acceptors (Lipinski definition) is 2. The van der Waals surface area contributed by atoms with Gasteiger partial charge in [0.2, 0.25) is 0 Å². The maximum Gasteiger partial charge on any atom is 0.0588 e. The van der Waals surface area contributed by atoms with Gasteiger partial charge in [0.1, 0.15) is 0 Å². The molecule has 3 heteroatoms. The summed E-state index contributed by atoms with van der Waals surface area (Å²) in [5, 5.41) is 9.82. The minimum atomic E-state index is -0.220. The van der Waals surface area contributed by atoms with E-state index in [0.29, 0.717) is 0 Å². The molecule has 0 radical (unpaired) electrons. The van der Waals surface area contributed by atoms with Crippen molar-refractivity contribution in [1.82, 2.24) is 0 Å². The van der Waals surface area contributed by atoms with Gasteiger partial charge < -0.3 is 5.11 Å². The SMILES string of the molecule is CCSCCC(O)Cc1ccccc1Br. The Morgan fingerprint density at radius 1 is 1.40 bits per heavy atom. The van der Waals surface area contributed by atoms with Crippen molar-refractivity contribution >= 4 is 27.7 Å². The van der Waals surface area contributed by atoms with Gasteiger partial charge in [-0.2, -0.15) is 11.8 Å². The second-order valence-electron chi connectivity index (χ2n) is 3.43. The van der Waals surface area contributed by atoms with E-state index in [1.807, 2.05) is 30.0 Å². The molecule has 0 fully saturated rings. The van der Waals surface area contributed by atoms with E-state index < -0.39 is 0 Å². The average Bonchev–Trinajstić information content (AvgIpc) is 2.22. The molecule has 1 unspecified atom stereocenters. The fourth-order valence-electron chi connectivity index (χ4n) is 1.38. The smallest absolute Gasteiger partial charge is 0.0588 e. The van der Waals surface area contributed by atoms with Gasteiger partial charge in [0.05, 0.1) is 6.10 Å². The Kier molecular flexibility index (Phi) is 6.37. The van der Waals surface area contributed by atoms with Crippen LogP contribution in [0, 0.1) is 0 Å². The molecule has 84 valence electrons. The van der Waals surface area contributed by atoms with Crippen LogP contribution < -0.4 is 0 Å². The lowest BCUT2D eigenvalue weighted by Crippen LogP contribution is -2.11. The first-order valence-corrected chi connectivity index (χ1v) is 7.18. The molecule has 1 nitrogen and oxygen atoms in total. The number of aliphatic hydroxyl groups is 1. The van der Waals surface area contributed by atoms with Crippen LogP contribution >= 0.6 is 27.7 Å². The van der Waals surface area contributed by atoms with Gasteiger partial charge >= 0.3 is 0 Å². The number of aliphatic hydroxyl groups excluding tert-OH is 1. The van der Waals surface area contributed by atoms with E-state index in [4.69, 9.17) is 0 Å². The summed E-state index contributed by atoms with van der Waals surface area (Å²) >= 11 is 5.37. The number of thioether (sulfide) groups is 1. The van der Waals surface area contributed by atoms with Crippen LogP contribution in [0.2, 0.25) is 0 Å². The molecule has 0 aliphatic rings. The zero-order chi connectivity index (χ0) is 11.1. The highest BCUT2D eigenvalue weighted by atomic mass is 79.9. The van der Waals surface area contributed by atoms with Crippen molar-refractivity contribution in [2.24, 2.45) is 0 Å². The first-order valence-electron chi connectivity index (χ1n) is 5.23. The van der Waals surface area contributed by atoms with Crippen LogP contribution in [-0.2, 0) is 6.42 Å². The summed E-state index contributed by atoms with van der Waals surface area (Å²) in [6.45, 7) is 2.14. The van der Waals surface area contributed by atoms with Crippen LogP contribution in [-0.4, -0.2) is 22.7 Å². The number of halogens is 1. The minimum absolute atomic E-state index is 0.220. The first-order chi connectivity index (χ1) is 7.24. The molecule has 0 aliphatic heterocycles. The van der Waals surface area contributed by atoms with Crippen molar-refractivity contribution < 1.29 is 5.11 Å². The molecular weight excluding hydrogens is 272 g/mol. The highest BCUT2D eigenvalue weighted by molar-refractivity contribution is 9.10. The Morgan fingerprint density at radius 3 is 2.80 bits per heavy atom. The van der Waals surface area contributed by atoms with Crippen LogP contribution in [0.1, 0.15) is 18.9 Å². The van der Waals surface area contributed by atoms with E-state index in [-0.39, 0.29) is 6.10 Å². The fourth-order valence-corrected chi connectivity index (χ4v) is 2.56. The summed E-state index contributed by atoms with van der Waals surface area (Å²) < 4.78 is 1.09. The van der Waals surface area contributed by atoms with Gasteiger partial charge in [0, 0.05) is 4.47 Å². The summed E-state index contributed by atoms with van der Waals surface area (Å²) in [5.74, 6) is 2.17. The Labute approximate surface area is 104 Å². The summed E-state index contributed by atoms with van der Waals surface area (Å²) in [6.07, 6.45) is 1.40. The molecule has 0 bridgehead atoms. The van der Waals surface area contributed by atoms with E-state index in [1.54, 1.807) is 0 Å². The van der Waals surface area contributed by atoms with Gasteiger partial charge in [-0.15, -0.1) is 0 Å². The summed E-state index contributed by atoms with van der Waals surface area (Å²) in [5.41, 5.74) is 1.19. The molecule has 0 amide bonds. The van der Waals surface area contributed by atoms with Gasteiger partial charge in [-0.05, 0) is 36.0 Å². The zero-order valence-electron chi connectivity index (χ0n) is 8.95. The predicted octanol–water partition coefficient (Wildman–Crippen LogP) is 3.50. The maximum absolute atomic E-state index is 9.82. The highest BCUT2D eigenvalue weighted by Gasteiger charge is 2.07. The van der Waals surface area contributed by atoms with E-state index >= 15 is 0 Å². The van der Waals surface area contributed by atoms with Gasteiger partial charge in [0.25, 0.3) is 0 Å². The average molecular weight is 289 g/mol.